The quantitative estimate of drug-likeness (QED) is 0.883. The molecule has 0 aromatic heterocycles. The molecule has 1 aliphatic carbocycles. The van der Waals surface area contributed by atoms with Gasteiger partial charge in [-0.15, -0.1) is 0 Å². The molecule has 0 saturated heterocycles. The number of nitrogens with one attached hydrogen (secondary N) is 1. The molecular formula is C14H20N2O3S. The smallest absolute Gasteiger partial charge is 0.251 e. The lowest BCUT2D eigenvalue weighted by Crippen LogP contribution is -2.40. The summed E-state index contributed by atoms with van der Waals surface area (Å²) in [6.45, 7) is 4.53. The third-order valence-electron chi connectivity index (χ3n) is 4.02. The van der Waals surface area contributed by atoms with Gasteiger partial charge in [0.25, 0.3) is 5.91 Å². The lowest BCUT2D eigenvalue weighted by molar-refractivity contribution is 0.0890. The van der Waals surface area contributed by atoms with Crippen LogP contribution in [0.5, 0.6) is 0 Å². The topological polar surface area (TPSA) is 89.3 Å². The largest absolute Gasteiger partial charge is 0.351 e. The normalized spacial score (nSPS) is 17.4. The second kappa shape index (κ2) is 5.18. The molecule has 0 radical (unpaired) electrons. The molecule has 1 amide bonds. The first kappa shape index (κ1) is 15.0. The molecule has 20 heavy (non-hydrogen) atoms. The second-order valence-corrected chi connectivity index (χ2v) is 7.43. The van der Waals surface area contributed by atoms with Gasteiger partial charge in [0.05, 0.1) is 4.90 Å². The molecule has 0 atom stereocenters. The number of benzene rings is 1. The Bertz CT molecular complexity index is 634. The van der Waals surface area contributed by atoms with Crippen molar-refractivity contribution in [3.05, 3.63) is 29.3 Å². The zero-order valence-corrected chi connectivity index (χ0v) is 12.6. The summed E-state index contributed by atoms with van der Waals surface area (Å²) in [5.74, 6) is -0.249. The zero-order chi connectivity index (χ0) is 15.0. The van der Waals surface area contributed by atoms with Gasteiger partial charge in [0.1, 0.15) is 0 Å². The van der Waals surface area contributed by atoms with Gasteiger partial charge in [-0.05, 0) is 42.9 Å². The average molecular weight is 296 g/mol. The molecule has 0 spiro atoms. The van der Waals surface area contributed by atoms with E-state index in [2.05, 4.69) is 12.2 Å². The maximum atomic E-state index is 12.2. The van der Waals surface area contributed by atoms with E-state index in [0.717, 1.165) is 18.4 Å². The molecule has 1 aliphatic rings. The number of hydrogen-bond acceptors (Lipinski definition) is 3. The van der Waals surface area contributed by atoms with Gasteiger partial charge in [-0.25, -0.2) is 13.6 Å². The van der Waals surface area contributed by atoms with Gasteiger partial charge in [0.15, 0.2) is 0 Å². The van der Waals surface area contributed by atoms with Crippen LogP contribution in [0, 0.1) is 12.3 Å². The number of carbonyl (C=O) groups excluding carboxylic acids is 1. The summed E-state index contributed by atoms with van der Waals surface area (Å²) in [5, 5.41) is 7.98. The molecule has 6 heteroatoms. The summed E-state index contributed by atoms with van der Waals surface area (Å²) in [5.41, 5.74) is 1.27. The molecular weight excluding hydrogens is 276 g/mol. The van der Waals surface area contributed by atoms with Crippen molar-refractivity contribution in [2.45, 2.75) is 38.0 Å². The first-order valence-corrected chi connectivity index (χ1v) is 8.18. The summed E-state index contributed by atoms with van der Waals surface area (Å²) < 4.78 is 22.7. The SMILES string of the molecule is Cc1ccc(S(N)(=O)=O)cc1C(=O)NCC1(C)CCC1. The van der Waals surface area contributed by atoms with E-state index < -0.39 is 10.0 Å². The van der Waals surface area contributed by atoms with Crippen LogP contribution in [-0.2, 0) is 10.0 Å². The Kier molecular flexibility index (Phi) is 3.88. The Morgan fingerprint density at radius 1 is 1.40 bits per heavy atom. The fourth-order valence-electron chi connectivity index (χ4n) is 2.37. The van der Waals surface area contributed by atoms with Crippen LogP contribution in [0.2, 0.25) is 0 Å². The van der Waals surface area contributed by atoms with E-state index in [1.165, 1.54) is 18.6 Å². The van der Waals surface area contributed by atoms with Crippen LogP contribution in [-0.4, -0.2) is 20.9 Å². The van der Waals surface area contributed by atoms with E-state index >= 15 is 0 Å². The molecule has 0 aliphatic heterocycles. The van der Waals surface area contributed by atoms with Crippen LogP contribution < -0.4 is 10.5 Å². The number of aryl methyl sites for hydroxylation is 1. The summed E-state index contributed by atoms with van der Waals surface area (Å²) in [7, 11) is -3.79. The Labute approximate surface area is 119 Å². The van der Waals surface area contributed by atoms with Crippen LogP contribution >= 0.6 is 0 Å². The van der Waals surface area contributed by atoms with Crippen molar-refractivity contribution in [2.24, 2.45) is 10.6 Å². The fourth-order valence-corrected chi connectivity index (χ4v) is 2.91. The highest BCUT2D eigenvalue weighted by molar-refractivity contribution is 7.89. The lowest BCUT2D eigenvalue weighted by Gasteiger charge is -2.38. The van der Waals surface area contributed by atoms with E-state index in [1.807, 2.05) is 0 Å². The Morgan fingerprint density at radius 3 is 2.55 bits per heavy atom. The second-order valence-electron chi connectivity index (χ2n) is 5.87. The fraction of sp³-hybridized carbons (Fsp3) is 0.500. The molecule has 0 bridgehead atoms. The number of nitrogens with two attached hydrogens (primary N) is 1. The molecule has 0 unspecified atom stereocenters. The summed E-state index contributed by atoms with van der Waals surface area (Å²) >= 11 is 0. The van der Waals surface area contributed by atoms with Gasteiger partial charge < -0.3 is 5.32 Å². The van der Waals surface area contributed by atoms with Gasteiger partial charge >= 0.3 is 0 Å². The summed E-state index contributed by atoms with van der Waals surface area (Å²) in [6.07, 6.45) is 3.43. The summed E-state index contributed by atoms with van der Waals surface area (Å²) in [6, 6.07) is 4.34. The van der Waals surface area contributed by atoms with Crippen molar-refractivity contribution in [3.8, 4) is 0 Å². The number of primary sulfonamides is 1. The molecule has 1 aromatic rings. The molecule has 1 aromatic carbocycles. The summed E-state index contributed by atoms with van der Waals surface area (Å²) in [4.78, 5) is 12.1. The number of sulfonamides is 1. The minimum atomic E-state index is -3.79. The van der Waals surface area contributed by atoms with Gasteiger partial charge in [0.2, 0.25) is 10.0 Å². The molecule has 110 valence electrons. The van der Waals surface area contributed by atoms with Crippen LogP contribution in [0.3, 0.4) is 0 Å². The van der Waals surface area contributed by atoms with Crippen LogP contribution in [0.4, 0.5) is 0 Å². The number of hydrogen-bond donors (Lipinski definition) is 2. The van der Waals surface area contributed by atoms with Crippen LogP contribution in [0.25, 0.3) is 0 Å². The lowest BCUT2D eigenvalue weighted by atomic mass is 9.70. The van der Waals surface area contributed by atoms with E-state index in [-0.39, 0.29) is 16.2 Å². The van der Waals surface area contributed by atoms with Gasteiger partial charge in [-0.3, -0.25) is 4.79 Å². The number of carbonyl (C=O) groups is 1. The molecule has 2 rings (SSSR count). The third kappa shape index (κ3) is 3.19. The Balaban J connectivity index is 2.16. The van der Waals surface area contributed by atoms with Crippen molar-refractivity contribution >= 4 is 15.9 Å². The Morgan fingerprint density at radius 2 is 2.05 bits per heavy atom. The zero-order valence-electron chi connectivity index (χ0n) is 11.8. The molecule has 1 fully saturated rings. The molecule has 1 saturated carbocycles. The predicted octanol–water partition coefficient (Wildman–Crippen LogP) is 1.56. The van der Waals surface area contributed by atoms with Crippen LogP contribution in [0.15, 0.2) is 23.1 Å². The van der Waals surface area contributed by atoms with Crippen molar-refractivity contribution in [3.63, 3.8) is 0 Å². The predicted molar refractivity (Wildman–Crippen MR) is 76.8 cm³/mol. The maximum absolute atomic E-state index is 12.2. The van der Waals surface area contributed by atoms with Crippen molar-refractivity contribution in [1.82, 2.24) is 5.32 Å². The van der Waals surface area contributed by atoms with Crippen molar-refractivity contribution < 1.29 is 13.2 Å². The number of rotatable bonds is 4. The minimum Gasteiger partial charge on any atom is -0.351 e. The minimum absolute atomic E-state index is 0.0388. The van der Waals surface area contributed by atoms with E-state index in [9.17, 15) is 13.2 Å². The van der Waals surface area contributed by atoms with Gasteiger partial charge in [0, 0.05) is 12.1 Å². The van der Waals surface area contributed by atoms with Crippen LogP contribution in [0.1, 0.15) is 42.1 Å². The maximum Gasteiger partial charge on any atom is 0.251 e. The molecule has 3 N–H and O–H groups in total. The Hall–Kier alpha value is -1.40. The molecule has 0 heterocycles. The first-order valence-electron chi connectivity index (χ1n) is 6.63. The average Bonchev–Trinajstić information content (AvgIpc) is 2.32. The van der Waals surface area contributed by atoms with Gasteiger partial charge in [-0.2, -0.15) is 0 Å². The highest BCUT2D eigenvalue weighted by Gasteiger charge is 2.32. The van der Waals surface area contributed by atoms with Gasteiger partial charge in [-0.1, -0.05) is 19.4 Å². The van der Waals surface area contributed by atoms with Crippen molar-refractivity contribution in [2.75, 3.05) is 6.54 Å². The van der Waals surface area contributed by atoms with E-state index in [4.69, 9.17) is 5.14 Å². The molecule has 5 nitrogen and oxygen atoms in total. The number of amides is 1. The first-order chi connectivity index (χ1) is 9.21. The standard InChI is InChI=1S/C14H20N2O3S/c1-10-4-5-11(20(15,18)19)8-12(10)13(17)16-9-14(2)6-3-7-14/h4-5,8H,3,6-7,9H2,1-2H3,(H,16,17)(H2,15,18,19). The van der Waals surface area contributed by atoms with Crippen molar-refractivity contribution in [1.29, 1.82) is 0 Å². The monoisotopic (exact) mass is 296 g/mol. The third-order valence-corrected chi connectivity index (χ3v) is 4.93. The van der Waals surface area contributed by atoms with E-state index in [1.54, 1.807) is 13.0 Å². The highest BCUT2D eigenvalue weighted by Crippen LogP contribution is 2.39. The highest BCUT2D eigenvalue weighted by atomic mass is 32.2. The van der Waals surface area contributed by atoms with E-state index in [0.29, 0.717) is 12.1 Å².